The third-order valence-corrected chi connectivity index (χ3v) is 6.25. The quantitative estimate of drug-likeness (QED) is 0.779. The normalized spacial score (nSPS) is 20.1. The molecule has 0 radical (unpaired) electrons. The average Bonchev–Trinajstić information content (AvgIpc) is 3.06. The molecule has 2 aromatic rings. The third-order valence-electron chi connectivity index (χ3n) is 6.25. The molecule has 0 aliphatic carbocycles. The molecule has 2 amide bonds. The van der Waals surface area contributed by atoms with Crippen LogP contribution in [0.25, 0.3) is 0 Å². The van der Waals surface area contributed by atoms with Crippen LogP contribution in [0.3, 0.4) is 0 Å². The van der Waals surface area contributed by atoms with Gasteiger partial charge in [-0.05, 0) is 37.3 Å². The number of nitrogens with zero attached hydrogens (tertiary/aromatic N) is 4. The summed E-state index contributed by atoms with van der Waals surface area (Å²) < 4.78 is 1.88. The van der Waals surface area contributed by atoms with Crippen molar-refractivity contribution < 1.29 is 4.79 Å². The van der Waals surface area contributed by atoms with Gasteiger partial charge in [-0.15, -0.1) is 0 Å². The van der Waals surface area contributed by atoms with Gasteiger partial charge in [-0.3, -0.25) is 9.58 Å². The first kappa shape index (κ1) is 21.4. The molecule has 3 rings (SSSR count). The van der Waals surface area contributed by atoms with Crippen LogP contribution in [-0.4, -0.2) is 57.3 Å². The summed E-state index contributed by atoms with van der Waals surface area (Å²) in [5, 5.41) is 7.42. The van der Waals surface area contributed by atoms with Crippen molar-refractivity contribution in [3.05, 3.63) is 53.3 Å². The van der Waals surface area contributed by atoms with Crippen LogP contribution in [0.1, 0.15) is 43.5 Å². The Labute approximate surface area is 174 Å². The molecule has 158 valence electrons. The summed E-state index contributed by atoms with van der Waals surface area (Å²) in [4.78, 5) is 17.6. The average molecular weight is 398 g/mol. The molecule has 0 saturated carbocycles. The number of aromatic nitrogens is 2. The van der Waals surface area contributed by atoms with E-state index >= 15 is 0 Å². The molecule has 6 nitrogen and oxygen atoms in total. The lowest BCUT2D eigenvalue weighted by molar-refractivity contribution is 0.0409. The van der Waals surface area contributed by atoms with Crippen LogP contribution in [0, 0.1) is 6.92 Å². The maximum atomic E-state index is 12.9. The molecular formula is C23H35N5O. The lowest BCUT2D eigenvalue weighted by Gasteiger charge is -2.46. The van der Waals surface area contributed by atoms with E-state index in [1.54, 1.807) is 0 Å². The first-order valence-corrected chi connectivity index (χ1v) is 10.8. The number of amides is 2. The fraction of sp³-hybridized carbons (Fsp3) is 0.565. The molecule has 0 bridgehead atoms. The molecule has 1 aromatic carbocycles. The number of hydrogen-bond donors (Lipinski definition) is 1. The second kappa shape index (κ2) is 9.92. The Kier molecular flexibility index (Phi) is 7.31. The molecule has 1 fully saturated rings. The minimum absolute atomic E-state index is 0.0659. The first-order chi connectivity index (χ1) is 14.0. The minimum atomic E-state index is 0.0659. The van der Waals surface area contributed by atoms with E-state index in [2.05, 4.69) is 71.3 Å². The monoisotopic (exact) mass is 397 g/mol. The van der Waals surface area contributed by atoms with Crippen molar-refractivity contribution in [3.8, 4) is 0 Å². The number of carbonyl (C=O) groups excluding carboxylic acids is 1. The van der Waals surface area contributed by atoms with Gasteiger partial charge in [0.15, 0.2) is 0 Å². The molecule has 29 heavy (non-hydrogen) atoms. The summed E-state index contributed by atoms with van der Waals surface area (Å²) >= 11 is 0. The Hall–Kier alpha value is -2.34. The van der Waals surface area contributed by atoms with E-state index < -0.39 is 0 Å². The Morgan fingerprint density at radius 2 is 1.86 bits per heavy atom. The SMILES string of the molecule is CCC1CN(C(=O)NCCc2cnn(C)c2C)C(CC)CN1Cc1ccccc1. The molecule has 2 heterocycles. The predicted molar refractivity (Wildman–Crippen MR) is 117 cm³/mol. The zero-order valence-corrected chi connectivity index (χ0v) is 18.3. The van der Waals surface area contributed by atoms with Crippen molar-refractivity contribution in [1.82, 2.24) is 24.9 Å². The fourth-order valence-corrected chi connectivity index (χ4v) is 4.20. The number of nitrogens with one attached hydrogen (secondary N) is 1. The number of urea groups is 1. The number of aryl methyl sites for hydroxylation is 1. The van der Waals surface area contributed by atoms with Gasteiger partial charge in [0, 0.05) is 51.0 Å². The molecule has 1 saturated heterocycles. The highest BCUT2D eigenvalue weighted by molar-refractivity contribution is 5.74. The van der Waals surface area contributed by atoms with Crippen LogP contribution in [0.5, 0.6) is 0 Å². The Morgan fingerprint density at radius 3 is 2.48 bits per heavy atom. The van der Waals surface area contributed by atoms with E-state index in [4.69, 9.17) is 0 Å². The zero-order valence-electron chi connectivity index (χ0n) is 18.3. The summed E-state index contributed by atoms with van der Waals surface area (Å²) in [6.45, 7) is 9.77. The van der Waals surface area contributed by atoms with Crippen molar-refractivity contribution >= 4 is 6.03 Å². The molecule has 2 atom stereocenters. The summed E-state index contributed by atoms with van der Waals surface area (Å²) in [5.74, 6) is 0. The summed E-state index contributed by atoms with van der Waals surface area (Å²) in [5.41, 5.74) is 3.69. The van der Waals surface area contributed by atoms with Crippen LogP contribution in [0.2, 0.25) is 0 Å². The fourth-order valence-electron chi connectivity index (χ4n) is 4.20. The highest BCUT2D eigenvalue weighted by Gasteiger charge is 2.34. The second-order valence-corrected chi connectivity index (χ2v) is 8.05. The van der Waals surface area contributed by atoms with Crippen molar-refractivity contribution in [2.75, 3.05) is 19.6 Å². The predicted octanol–water partition coefficient (Wildman–Crippen LogP) is 3.36. The highest BCUT2D eigenvalue weighted by atomic mass is 16.2. The lowest BCUT2D eigenvalue weighted by atomic mass is 10.0. The van der Waals surface area contributed by atoms with Crippen LogP contribution >= 0.6 is 0 Å². The van der Waals surface area contributed by atoms with Gasteiger partial charge in [0.25, 0.3) is 0 Å². The standard InChI is InChI=1S/C23H35N5O/c1-5-21-17-28(23(29)24-13-12-20-14-25-26(4)18(20)3)22(6-2)16-27(21)15-19-10-8-7-9-11-19/h7-11,14,21-22H,5-6,12-13,15-17H2,1-4H3,(H,24,29). The minimum Gasteiger partial charge on any atom is -0.338 e. The lowest BCUT2D eigenvalue weighted by Crippen LogP contribution is -2.61. The molecule has 0 spiro atoms. The molecule has 1 aromatic heterocycles. The van der Waals surface area contributed by atoms with Crippen molar-refractivity contribution in [2.24, 2.45) is 7.05 Å². The summed E-state index contributed by atoms with van der Waals surface area (Å²) in [6.07, 6.45) is 4.72. The topological polar surface area (TPSA) is 53.4 Å². The van der Waals surface area contributed by atoms with E-state index in [1.807, 2.05) is 17.9 Å². The maximum Gasteiger partial charge on any atom is 0.317 e. The number of rotatable bonds is 7. The second-order valence-electron chi connectivity index (χ2n) is 8.05. The number of hydrogen-bond acceptors (Lipinski definition) is 3. The largest absolute Gasteiger partial charge is 0.338 e. The molecular weight excluding hydrogens is 362 g/mol. The van der Waals surface area contributed by atoms with Gasteiger partial charge in [0.2, 0.25) is 0 Å². The van der Waals surface area contributed by atoms with Crippen LogP contribution < -0.4 is 5.32 Å². The number of carbonyl (C=O) groups is 1. The Morgan fingerprint density at radius 1 is 1.14 bits per heavy atom. The van der Waals surface area contributed by atoms with Gasteiger partial charge in [-0.1, -0.05) is 44.2 Å². The molecule has 1 N–H and O–H groups in total. The van der Waals surface area contributed by atoms with Gasteiger partial charge in [0.05, 0.1) is 6.20 Å². The van der Waals surface area contributed by atoms with Gasteiger partial charge < -0.3 is 10.2 Å². The van der Waals surface area contributed by atoms with E-state index in [0.717, 1.165) is 44.6 Å². The molecule has 2 unspecified atom stereocenters. The Bertz CT molecular complexity index is 788. The first-order valence-electron chi connectivity index (χ1n) is 10.8. The van der Waals surface area contributed by atoms with Crippen molar-refractivity contribution in [1.29, 1.82) is 0 Å². The van der Waals surface area contributed by atoms with Crippen molar-refractivity contribution in [3.63, 3.8) is 0 Å². The molecule has 1 aliphatic rings. The smallest absolute Gasteiger partial charge is 0.317 e. The number of benzene rings is 1. The van der Waals surface area contributed by atoms with E-state index in [0.29, 0.717) is 12.6 Å². The van der Waals surface area contributed by atoms with E-state index in [9.17, 15) is 4.79 Å². The van der Waals surface area contributed by atoms with Gasteiger partial charge >= 0.3 is 6.03 Å². The van der Waals surface area contributed by atoms with Crippen LogP contribution in [0.15, 0.2) is 36.5 Å². The van der Waals surface area contributed by atoms with E-state index in [1.165, 1.54) is 11.1 Å². The highest BCUT2D eigenvalue weighted by Crippen LogP contribution is 2.22. The van der Waals surface area contributed by atoms with E-state index in [-0.39, 0.29) is 12.1 Å². The third kappa shape index (κ3) is 5.18. The van der Waals surface area contributed by atoms with Gasteiger partial charge in [-0.2, -0.15) is 5.10 Å². The summed E-state index contributed by atoms with van der Waals surface area (Å²) in [7, 11) is 1.95. The molecule has 6 heteroatoms. The zero-order chi connectivity index (χ0) is 20.8. The van der Waals surface area contributed by atoms with Crippen LogP contribution in [0.4, 0.5) is 4.79 Å². The van der Waals surface area contributed by atoms with Crippen LogP contribution in [-0.2, 0) is 20.0 Å². The van der Waals surface area contributed by atoms with Gasteiger partial charge in [-0.25, -0.2) is 4.79 Å². The van der Waals surface area contributed by atoms with Gasteiger partial charge in [0.1, 0.15) is 0 Å². The molecule has 1 aliphatic heterocycles. The summed E-state index contributed by atoms with van der Waals surface area (Å²) in [6, 6.07) is 11.3. The Balaban J connectivity index is 1.58. The van der Waals surface area contributed by atoms with Crippen molar-refractivity contribution in [2.45, 2.75) is 58.7 Å². The number of piperazine rings is 1. The maximum absolute atomic E-state index is 12.9.